The number of nitrogens with one attached hydrogen (secondary N) is 2. The topological polar surface area (TPSA) is 125 Å². The number of benzene rings is 2. The number of sulfonamides is 1. The summed E-state index contributed by atoms with van der Waals surface area (Å²) in [5.41, 5.74) is 0.301. The second-order valence-electron chi connectivity index (χ2n) is 6.28. The third-order valence-electron chi connectivity index (χ3n) is 4.46. The van der Waals surface area contributed by atoms with E-state index in [2.05, 4.69) is 31.3 Å². The van der Waals surface area contributed by atoms with E-state index in [1.165, 1.54) is 12.1 Å². The van der Waals surface area contributed by atoms with E-state index in [1.54, 1.807) is 24.3 Å². The highest BCUT2D eigenvalue weighted by atomic mass is 79.9. The molecule has 30 heavy (non-hydrogen) atoms. The summed E-state index contributed by atoms with van der Waals surface area (Å²) in [5, 5.41) is 15.3. The number of carbonyl (C=O) groups is 2. The average molecular weight is 519 g/mol. The normalized spacial score (nSPS) is 16.4. The van der Waals surface area contributed by atoms with Gasteiger partial charge in [0, 0.05) is 11.0 Å². The van der Waals surface area contributed by atoms with E-state index in [-0.39, 0.29) is 23.7 Å². The number of para-hydroxylation sites is 1. The number of nitrogens with zero attached hydrogens (tertiary/aromatic N) is 1. The number of methoxy groups -OCH3 is 1. The summed E-state index contributed by atoms with van der Waals surface area (Å²) in [6, 6.07) is 7.66. The number of esters is 1. The Morgan fingerprint density at radius 1 is 1.20 bits per heavy atom. The zero-order valence-electron chi connectivity index (χ0n) is 15.6. The van der Waals surface area contributed by atoms with Gasteiger partial charge in [0.25, 0.3) is 0 Å². The molecule has 12 heteroatoms. The number of ether oxygens (including phenoxy) is 1. The van der Waals surface area contributed by atoms with Crippen LogP contribution in [0.1, 0.15) is 6.42 Å². The Morgan fingerprint density at radius 3 is 2.47 bits per heavy atom. The highest BCUT2D eigenvalue weighted by molar-refractivity contribution is 9.10. The summed E-state index contributed by atoms with van der Waals surface area (Å²) in [7, 11) is -3.16. The molecule has 0 radical (unpaired) electrons. The van der Waals surface area contributed by atoms with Crippen LogP contribution in [0, 0.1) is 0 Å². The van der Waals surface area contributed by atoms with Gasteiger partial charge in [-0.25, -0.2) is 13.2 Å². The SMILES string of the molecule is COC(=O)C1CCN1S(=O)(=O)c1c(Cl)ccc(NC(=O)Nc2ccccc2Br)c1O. The first kappa shape index (κ1) is 22.3. The third kappa shape index (κ3) is 4.24. The zero-order chi connectivity index (χ0) is 22.1. The number of phenols is 1. The number of hydrogen-bond acceptors (Lipinski definition) is 6. The molecule has 1 saturated heterocycles. The van der Waals surface area contributed by atoms with Crippen LogP contribution in [0.3, 0.4) is 0 Å². The van der Waals surface area contributed by atoms with Crippen molar-refractivity contribution in [2.75, 3.05) is 24.3 Å². The first-order valence-corrected chi connectivity index (χ1v) is 11.2. The van der Waals surface area contributed by atoms with Crippen molar-refractivity contribution in [3.8, 4) is 5.75 Å². The Morgan fingerprint density at radius 2 is 1.87 bits per heavy atom. The molecular formula is C18H17BrClN3O6S. The van der Waals surface area contributed by atoms with Gasteiger partial charge in [-0.1, -0.05) is 23.7 Å². The number of anilines is 2. The molecule has 0 saturated carbocycles. The van der Waals surface area contributed by atoms with Crippen LogP contribution in [0.5, 0.6) is 5.75 Å². The van der Waals surface area contributed by atoms with E-state index in [0.717, 1.165) is 11.4 Å². The molecule has 1 atom stereocenters. The molecule has 0 aromatic heterocycles. The summed E-state index contributed by atoms with van der Waals surface area (Å²) in [6.45, 7) is 0.0675. The Hall–Kier alpha value is -2.34. The highest BCUT2D eigenvalue weighted by Crippen LogP contribution is 2.41. The Balaban J connectivity index is 1.88. The molecule has 9 nitrogen and oxygen atoms in total. The second kappa shape index (κ2) is 8.80. The van der Waals surface area contributed by atoms with Crippen LogP contribution in [0.2, 0.25) is 5.02 Å². The van der Waals surface area contributed by atoms with Crippen LogP contribution in [0.15, 0.2) is 45.8 Å². The maximum atomic E-state index is 13.0. The van der Waals surface area contributed by atoms with Gasteiger partial charge in [-0.15, -0.1) is 0 Å². The summed E-state index contributed by atoms with van der Waals surface area (Å²) in [4.78, 5) is 23.5. The maximum Gasteiger partial charge on any atom is 0.324 e. The van der Waals surface area contributed by atoms with Crippen LogP contribution in [-0.4, -0.2) is 49.5 Å². The van der Waals surface area contributed by atoms with E-state index in [1.807, 2.05) is 0 Å². The summed E-state index contributed by atoms with van der Waals surface area (Å²) >= 11 is 9.34. The number of aromatic hydroxyl groups is 1. The molecular weight excluding hydrogens is 502 g/mol. The van der Waals surface area contributed by atoms with Crippen molar-refractivity contribution in [1.29, 1.82) is 0 Å². The summed E-state index contributed by atoms with van der Waals surface area (Å²) in [5.74, 6) is -1.44. The van der Waals surface area contributed by atoms with Gasteiger partial charge in [0.2, 0.25) is 10.0 Å². The molecule has 160 valence electrons. The van der Waals surface area contributed by atoms with E-state index in [0.29, 0.717) is 10.2 Å². The first-order chi connectivity index (χ1) is 14.2. The van der Waals surface area contributed by atoms with Crippen LogP contribution in [-0.2, 0) is 19.6 Å². The third-order valence-corrected chi connectivity index (χ3v) is 7.57. The van der Waals surface area contributed by atoms with Crippen LogP contribution < -0.4 is 10.6 Å². The van der Waals surface area contributed by atoms with Gasteiger partial charge >= 0.3 is 12.0 Å². The molecule has 0 spiro atoms. The molecule has 2 aromatic carbocycles. The quantitative estimate of drug-likeness (QED) is 0.412. The predicted octanol–water partition coefficient (Wildman–Crippen LogP) is 3.39. The highest BCUT2D eigenvalue weighted by Gasteiger charge is 2.45. The van der Waals surface area contributed by atoms with Crippen molar-refractivity contribution in [3.63, 3.8) is 0 Å². The average Bonchev–Trinajstić information content (AvgIpc) is 2.64. The fraction of sp³-hybridized carbons (Fsp3) is 0.222. The van der Waals surface area contributed by atoms with Gasteiger partial charge in [-0.05, 0) is 46.6 Å². The van der Waals surface area contributed by atoms with Crippen molar-refractivity contribution in [3.05, 3.63) is 45.9 Å². The van der Waals surface area contributed by atoms with Gasteiger partial charge in [0.1, 0.15) is 10.9 Å². The van der Waals surface area contributed by atoms with Gasteiger partial charge < -0.3 is 20.5 Å². The van der Waals surface area contributed by atoms with Crippen LogP contribution in [0.25, 0.3) is 0 Å². The molecule has 2 aromatic rings. The van der Waals surface area contributed by atoms with Gasteiger partial charge in [0.15, 0.2) is 5.75 Å². The molecule has 3 N–H and O–H groups in total. The summed E-state index contributed by atoms with van der Waals surface area (Å²) < 4.78 is 32.1. The lowest BCUT2D eigenvalue weighted by atomic mass is 10.1. The number of rotatable bonds is 5. The van der Waals surface area contributed by atoms with E-state index < -0.39 is 38.7 Å². The first-order valence-electron chi connectivity index (χ1n) is 8.60. The van der Waals surface area contributed by atoms with Crippen molar-refractivity contribution in [2.45, 2.75) is 17.4 Å². The van der Waals surface area contributed by atoms with Crippen LogP contribution in [0.4, 0.5) is 16.2 Å². The minimum Gasteiger partial charge on any atom is -0.504 e. The number of hydrogen-bond donors (Lipinski definition) is 3. The van der Waals surface area contributed by atoms with E-state index in [9.17, 15) is 23.1 Å². The Bertz CT molecular complexity index is 1110. The maximum absolute atomic E-state index is 13.0. The summed E-state index contributed by atoms with van der Waals surface area (Å²) in [6.07, 6.45) is 0.288. The molecule has 1 aliphatic heterocycles. The predicted molar refractivity (Wildman–Crippen MR) is 114 cm³/mol. The molecule has 0 aliphatic carbocycles. The van der Waals surface area contributed by atoms with Crippen molar-refractivity contribution < 1.29 is 27.9 Å². The molecule has 1 fully saturated rings. The smallest absolute Gasteiger partial charge is 0.324 e. The standard InChI is InChI=1S/C18H17BrClN3O6S/c1-29-17(25)14-8-9-23(14)30(27,28)16-11(20)6-7-13(15(16)24)22-18(26)21-12-5-3-2-4-10(12)19/h2-7,14,24H,8-9H2,1H3,(H2,21,22,26). The molecule has 1 unspecified atom stereocenters. The van der Waals surface area contributed by atoms with Gasteiger partial charge in [-0.2, -0.15) is 4.31 Å². The van der Waals surface area contributed by atoms with Crippen molar-refractivity contribution in [2.24, 2.45) is 0 Å². The number of urea groups is 1. The fourth-order valence-corrected chi connectivity index (χ4v) is 5.48. The van der Waals surface area contributed by atoms with E-state index in [4.69, 9.17) is 11.6 Å². The molecule has 3 rings (SSSR count). The van der Waals surface area contributed by atoms with Crippen LogP contribution >= 0.6 is 27.5 Å². The largest absolute Gasteiger partial charge is 0.504 e. The van der Waals surface area contributed by atoms with Crippen molar-refractivity contribution in [1.82, 2.24) is 4.31 Å². The molecule has 2 amide bonds. The fourth-order valence-electron chi connectivity index (χ4n) is 2.87. The number of amides is 2. The molecule has 1 heterocycles. The number of carbonyl (C=O) groups excluding carboxylic acids is 2. The van der Waals surface area contributed by atoms with Gasteiger partial charge in [0.05, 0.1) is 23.5 Å². The lowest BCUT2D eigenvalue weighted by Crippen LogP contribution is -2.55. The zero-order valence-corrected chi connectivity index (χ0v) is 18.7. The monoisotopic (exact) mass is 517 g/mol. The van der Waals surface area contributed by atoms with Crippen molar-refractivity contribution >= 4 is 60.9 Å². The molecule has 0 bridgehead atoms. The minimum atomic E-state index is -4.32. The Labute approximate surface area is 186 Å². The van der Waals surface area contributed by atoms with Gasteiger partial charge in [-0.3, -0.25) is 4.79 Å². The number of phenolic OH excluding ortho intramolecular Hbond substituents is 1. The number of halogens is 2. The second-order valence-corrected chi connectivity index (χ2v) is 9.36. The minimum absolute atomic E-state index is 0.0675. The lowest BCUT2D eigenvalue weighted by Gasteiger charge is -2.37. The van der Waals surface area contributed by atoms with E-state index >= 15 is 0 Å². The lowest BCUT2D eigenvalue weighted by molar-refractivity contribution is -0.148. The molecule has 1 aliphatic rings. The Kier molecular flexibility index (Phi) is 6.56.